The Bertz CT molecular complexity index is 1980. The van der Waals surface area contributed by atoms with Crippen molar-refractivity contribution in [3.8, 4) is 5.75 Å². The van der Waals surface area contributed by atoms with Gasteiger partial charge in [0.15, 0.2) is 5.71 Å². The first-order chi connectivity index (χ1) is 22.6. The molecule has 0 amide bonds. The van der Waals surface area contributed by atoms with E-state index in [2.05, 4.69) is 148 Å². The first kappa shape index (κ1) is 33.2. The Labute approximate surface area is 290 Å². The third-order valence-electron chi connectivity index (χ3n) is 10.1. The van der Waals surface area contributed by atoms with Crippen molar-refractivity contribution in [3.05, 3.63) is 114 Å². The van der Waals surface area contributed by atoms with Gasteiger partial charge in [-0.15, -0.1) is 0 Å². The minimum absolute atomic E-state index is 0.0945. The quantitative estimate of drug-likeness (QED) is 0.0434. The van der Waals surface area contributed by atoms with Crippen LogP contribution in [0.5, 0.6) is 5.75 Å². The predicted octanol–water partition coefficient (Wildman–Crippen LogP) is 6.61. The number of likely N-dealkylation sites (N-methyl/N-ethyl adjacent to an activating group) is 1. The van der Waals surface area contributed by atoms with Gasteiger partial charge in [-0.3, -0.25) is 0 Å². The van der Waals surface area contributed by atoms with E-state index in [1.807, 2.05) is 4.93 Å². The maximum absolute atomic E-state index is 11.6. The number of carbonyl (C=O) groups excluding carboxylic acids is 1. The van der Waals surface area contributed by atoms with Gasteiger partial charge in [0.25, 0.3) is 0 Å². The molecule has 0 radical (unpaired) electrons. The van der Waals surface area contributed by atoms with Crippen molar-refractivity contribution in [1.29, 1.82) is 0 Å². The summed E-state index contributed by atoms with van der Waals surface area (Å²) in [6.45, 7) is 9.99. The van der Waals surface area contributed by atoms with Crippen molar-refractivity contribution in [2.24, 2.45) is 0 Å². The number of rotatable bonds is 11. The zero-order valence-electron chi connectivity index (χ0n) is 28.9. The molecule has 4 aromatic rings. The molecule has 4 nitrogen and oxygen atoms in total. The topological polar surface area (TPSA) is 32.5 Å². The van der Waals surface area contributed by atoms with Crippen LogP contribution in [-0.2, 0) is 15.6 Å². The summed E-state index contributed by atoms with van der Waals surface area (Å²) in [7, 11) is 4.36. The molecule has 2 aliphatic heterocycles. The maximum atomic E-state index is 11.6. The van der Waals surface area contributed by atoms with Crippen LogP contribution in [0.25, 0.3) is 21.5 Å². The number of hydrogen-bond acceptors (Lipinski definition) is 3. The van der Waals surface area contributed by atoms with E-state index < -0.39 is 0 Å². The van der Waals surface area contributed by atoms with Crippen LogP contribution in [0, 0.1) is 0 Å². The number of hydrogen-bond donors (Lipinski definition) is 0. The van der Waals surface area contributed by atoms with Crippen LogP contribution in [0.15, 0.2) is 103 Å². The average molecular weight is 739 g/mol. The van der Waals surface area contributed by atoms with Crippen molar-refractivity contribution >= 4 is 42.4 Å². The molecule has 2 heterocycles. The Morgan fingerprint density at radius 3 is 2.40 bits per heavy atom. The van der Waals surface area contributed by atoms with E-state index in [9.17, 15) is 4.79 Å². The summed E-state index contributed by atoms with van der Waals surface area (Å²) in [6.07, 6.45) is 14.7. The molecule has 0 spiro atoms. The van der Waals surface area contributed by atoms with Gasteiger partial charge in [0, 0.05) is 36.0 Å². The SMILES string of the molecule is C[I-]C(=O)CCCCCOc1ccc2ccc3c(c2c1)C(C)(C)C(C=CC=CC=C1N(C)c2ccc4ccccc4c2C1(C)C)=[N+]3C. The summed E-state index contributed by atoms with van der Waals surface area (Å²) >= 11 is -0.265. The van der Waals surface area contributed by atoms with Crippen LogP contribution < -0.4 is 30.8 Å². The van der Waals surface area contributed by atoms with Crippen molar-refractivity contribution in [3.63, 3.8) is 0 Å². The van der Waals surface area contributed by atoms with Crippen molar-refractivity contribution in [2.45, 2.75) is 64.2 Å². The number of anilines is 1. The minimum Gasteiger partial charge on any atom is -0.347 e. The molecular formula is C42H47IN2O2. The summed E-state index contributed by atoms with van der Waals surface area (Å²) in [5.41, 5.74) is 7.57. The molecule has 0 bridgehead atoms. The molecule has 5 heteroatoms. The van der Waals surface area contributed by atoms with Gasteiger partial charge in [-0.2, -0.15) is 4.58 Å². The van der Waals surface area contributed by atoms with E-state index in [1.165, 1.54) is 55.5 Å². The van der Waals surface area contributed by atoms with Crippen LogP contribution in [-0.4, -0.2) is 39.7 Å². The predicted molar refractivity (Wildman–Crippen MR) is 194 cm³/mol. The zero-order valence-corrected chi connectivity index (χ0v) is 31.0. The van der Waals surface area contributed by atoms with E-state index >= 15 is 0 Å². The first-order valence-electron chi connectivity index (χ1n) is 16.7. The molecule has 0 saturated heterocycles. The molecule has 6 rings (SSSR count). The summed E-state index contributed by atoms with van der Waals surface area (Å²) < 4.78 is 8.99. The van der Waals surface area contributed by atoms with Crippen LogP contribution in [0.4, 0.5) is 11.4 Å². The molecule has 0 N–H and O–H groups in total. The number of carbonyl (C=O) groups is 1. The number of fused-ring (bicyclic) bond motifs is 6. The third-order valence-corrected chi connectivity index (χ3v) is 11.8. The number of allylic oxidation sites excluding steroid dienone is 6. The molecule has 47 heavy (non-hydrogen) atoms. The van der Waals surface area contributed by atoms with Crippen LogP contribution in [0.2, 0.25) is 0 Å². The molecule has 0 saturated carbocycles. The monoisotopic (exact) mass is 738 g/mol. The normalized spacial score (nSPS) is 17.6. The van der Waals surface area contributed by atoms with Gasteiger partial charge in [0.1, 0.15) is 7.05 Å². The fourth-order valence-electron chi connectivity index (χ4n) is 7.69. The number of ether oxygens (including phenoxy) is 1. The van der Waals surface area contributed by atoms with E-state index in [1.54, 1.807) is 0 Å². The smallest absolute Gasteiger partial charge is 0.347 e. The standard InChI is InChI=1S/C42H47IN2O2/c1-41(2)36(44(6)34-25-22-29-16-13-14-17-32(29)39(34)41)18-10-8-11-19-37-42(3,4)40-33-28-31(47-27-15-9-12-20-38(46)43-5)24-21-30(33)23-26-35(40)45(37)7/h8,10-11,13-14,16-19,21-26,28H,9,12,15,20,27H2,1-7H3. The van der Waals surface area contributed by atoms with E-state index in [-0.39, 0.29) is 32.0 Å². The zero-order chi connectivity index (χ0) is 33.3. The molecule has 4 aromatic carbocycles. The van der Waals surface area contributed by atoms with E-state index in [4.69, 9.17) is 4.74 Å². The average Bonchev–Trinajstić information content (AvgIpc) is 3.39. The molecule has 244 valence electrons. The van der Waals surface area contributed by atoms with Gasteiger partial charge in [0.2, 0.25) is 0 Å². The summed E-state index contributed by atoms with van der Waals surface area (Å²) in [4.78, 5) is 16.0. The number of unbranched alkanes of at least 4 members (excludes halogenated alkanes) is 2. The number of halogens is 1. The molecule has 2 aliphatic rings. The number of alkyl halides is 1. The second-order valence-electron chi connectivity index (χ2n) is 13.8. The summed E-state index contributed by atoms with van der Waals surface area (Å²) in [5.74, 6) is 0.912. The summed E-state index contributed by atoms with van der Waals surface area (Å²) in [5, 5.41) is 5.10. The molecule has 0 aliphatic carbocycles. The Kier molecular flexibility index (Phi) is 9.48. The fraction of sp³-hybridized carbons (Fsp3) is 0.333. The molecule has 0 unspecified atom stereocenters. The fourth-order valence-corrected chi connectivity index (χ4v) is 8.61. The molecule has 0 atom stereocenters. The molecule has 0 fully saturated rings. The molecular weight excluding hydrogens is 691 g/mol. The Morgan fingerprint density at radius 2 is 1.60 bits per heavy atom. The van der Waals surface area contributed by atoms with Crippen molar-refractivity contribution in [2.75, 3.05) is 30.5 Å². The van der Waals surface area contributed by atoms with Gasteiger partial charge in [-0.05, 0) is 42.3 Å². The van der Waals surface area contributed by atoms with Gasteiger partial charge in [-0.25, -0.2) is 0 Å². The van der Waals surface area contributed by atoms with Crippen LogP contribution >= 0.6 is 0 Å². The van der Waals surface area contributed by atoms with Crippen molar-refractivity contribution in [1.82, 2.24) is 0 Å². The molecule has 0 aromatic heterocycles. The second kappa shape index (κ2) is 13.4. The second-order valence-corrected chi connectivity index (χ2v) is 16.1. The van der Waals surface area contributed by atoms with Crippen LogP contribution in [0.3, 0.4) is 0 Å². The van der Waals surface area contributed by atoms with Gasteiger partial charge in [0.05, 0.1) is 0 Å². The van der Waals surface area contributed by atoms with Gasteiger partial charge >= 0.3 is 129 Å². The number of nitrogens with zero attached hydrogens (tertiary/aromatic N) is 2. The summed E-state index contributed by atoms with van der Waals surface area (Å²) in [6, 6.07) is 24.1. The number of benzene rings is 4. The Morgan fingerprint density at radius 1 is 0.851 bits per heavy atom. The van der Waals surface area contributed by atoms with Crippen molar-refractivity contribution < 1.29 is 35.3 Å². The third kappa shape index (κ3) is 6.19. The van der Waals surface area contributed by atoms with E-state index in [0.717, 1.165) is 31.4 Å². The van der Waals surface area contributed by atoms with Gasteiger partial charge in [-0.1, -0.05) is 62.4 Å². The Balaban J connectivity index is 1.18. The minimum atomic E-state index is -0.265. The van der Waals surface area contributed by atoms with Gasteiger partial charge < -0.3 is 4.90 Å². The first-order valence-corrected chi connectivity index (χ1v) is 19.9. The van der Waals surface area contributed by atoms with Crippen LogP contribution in [0.1, 0.15) is 64.5 Å². The Hall–Kier alpha value is -3.71. The van der Waals surface area contributed by atoms with E-state index in [0.29, 0.717) is 10.4 Å².